The second-order valence-electron chi connectivity index (χ2n) is 17.8. The summed E-state index contributed by atoms with van der Waals surface area (Å²) < 4.78 is 37.5. The van der Waals surface area contributed by atoms with Crippen molar-refractivity contribution in [3.05, 3.63) is 105 Å². The summed E-state index contributed by atoms with van der Waals surface area (Å²) in [5.41, 5.74) is 4.56. The van der Waals surface area contributed by atoms with Crippen LogP contribution in [0.4, 0.5) is 21.9 Å². The van der Waals surface area contributed by atoms with Crippen LogP contribution in [0.1, 0.15) is 55.0 Å². The number of ether oxygens (including phenoxy) is 1. The molecule has 0 radical (unpaired) electrons. The van der Waals surface area contributed by atoms with Gasteiger partial charge in [-0.3, -0.25) is 9.13 Å². The van der Waals surface area contributed by atoms with Crippen LogP contribution in [-0.2, 0) is 37.2 Å². The third kappa shape index (κ3) is 10.7. The predicted octanol–water partition coefficient (Wildman–Crippen LogP) is 6.27. The molecular formula is C47H52ClN8O10S2U+. The first-order valence-corrected chi connectivity index (χ1v) is 24.9. The molecule has 1 atom stereocenters. The van der Waals surface area contributed by atoms with E-state index in [1.165, 1.54) is 13.4 Å². The van der Waals surface area contributed by atoms with E-state index in [-0.39, 0.29) is 89.7 Å². The van der Waals surface area contributed by atoms with Crippen LogP contribution >= 0.6 is 22.9 Å². The number of piperidine rings is 3. The van der Waals surface area contributed by atoms with Crippen molar-refractivity contribution >= 4 is 85.3 Å². The van der Waals surface area contributed by atoms with Gasteiger partial charge in [0.2, 0.25) is 16.6 Å². The fraction of sp³-hybridized carbons (Fsp3) is 0.404. The molecule has 5 aromatic rings. The Labute approximate surface area is 431 Å². The Bertz CT molecular complexity index is 2970. The van der Waals surface area contributed by atoms with E-state index < -0.39 is 34.5 Å². The normalized spacial score (nSPS) is 18.6. The van der Waals surface area contributed by atoms with Gasteiger partial charge in [0.1, 0.15) is 0 Å². The van der Waals surface area contributed by atoms with Gasteiger partial charge >= 0.3 is 54.7 Å². The smallest absolute Gasteiger partial charge is 0.566 e. The number of nitrogens with one attached hydrogen (secondary N) is 2. The van der Waals surface area contributed by atoms with Crippen LogP contribution in [0.3, 0.4) is 0 Å². The Balaban J connectivity index is 0.00000352. The molecule has 4 aliphatic heterocycles. The molecule has 362 valence electrons. The van der Waals surface area contributed by atoms with Crippen LogP contribution in [-0.4, -0.2) is 119 Å². The number of carbonyl (C=O) groups excluding carboxylic acids is 3. The summed E-state index contributed by atoms with van der Waals surface area (Å²) in [6.07, 6.45) is 5.52. The van der Waals surface area contributed by atoms with Gasteiger partial charge in [-0.1, -0.05) is 29.1 Å². The standard InChI is InChI=1S/C46H49ClN8O10S2.CH3.U/c1-50-37-23-34(10-11-35(37)55(45(50)61)36-9-4-16-54(62)43(36)59)52-27-46(28-52)14-19-51(20-15-46)44(60)49-32-7-2-5-29(21-32)26-67(63,64)53-17-12-31(13-18-53)48-33-8-3-6-30(22-33)42-40(47)41(38(24-56)66-42)65-25-39(57)58;;/h2-3,5-8,10-11,21-23,31,36,48H,4,9,12-20,25-28H2,1H3,(H,49,60)(H,57,58);1H3;/q;-1;+2. The summed E-state index contributed by atoms with van der Waals surface area (Å²) in [5.74, 6) is -2.03. The van der Waals surface area contributed by atoms with E-state index in [4.69, 9.17) is 21.4 Å². The Hall–Kier alpha value is -5.04. The number of thiophene rings is 1. The van der Waals surface area contributed by atoms with Gasteiger partial charge < -0.3 is 42.5 Å². The zero-order valence-corrected chi connectivity index (χ0v) is 44.7. The second-order valence-corrected chi connectivity index (χ2v) is 21.2. The maximum Gasteiger partial charge on any atom is 2.00 e. The molecule has 0 aliphatic carbocycles. The van der Waals surface area contributed by atoms with E-state index in [0.29, 0.717) is 89.3 Å². The number of urea groups is 1. The van der Waals surface area contributed by atoms with Crippen LogP contribution < -0.4 is 26.0 Å². The van der Waals surface area contributed by atoms with Crippen molar-refractivity contribution in [2.75, 3.05) is 68.0 Å². The number of carbonyl (C=O) groups is 3. The number of aryl methyl sites for hydroxylation is 1. The van der Waals surface area contributed by atoms with Crippen molar-refractivity contribution in [3.63, 3.8) is 0 Å². The third-order valence-electron chi connectivity index (χ3n) is 13.4. The van der Waals surface area contributed by atoms with Gasteiger partial charge in [0.15, 0.2) is 12.6 Å². The molecular weight excluding hydrogens is 1170 g/mol. The second kappa shape index (κ2) is 21.1. The Morgan fingerprint density at radius 2 is 1.68 bits per heavy atom. The molecule has 69 heavy (non-hydrogen) atoms. The summed E-state index contributed by atoms with van der Waals surface area (Å²) in [5, 5.41) is 15.6. The predicted molar refractivity (Wildman–Crippen MR) is 260 cm³/mol. The Kier molecular flexibility index (Phi) is 15.9. The molecule has 6 heterocycles. The number of nitrogens with zero attached hydrogens (tertiary/aromatic N) is 6. The minimum absolute atomic E-state index is 0. The molecule has 0 bridgehead atoms. The average Bonchev–Trinajstić information content (AvgIpc) is 3.76. The van der Waals surface area contributed by atoms with Gasteiger partial charge in [0.05, 0.1) is 21.5 Å². The van der Waals surface area contributed by atoms with Crippen LogP contribution in [0.5, 0.6) is 5.75 Å². The van der Waals surface area contributed by atoms with Crippen molar-refractivity contribution in [1.82, 2.24) is 18.3 Å². The number of carboxylic acid groups (broad SMARTS) is 1. The number of hydrogen-bond donors (Lipinski definition) is 3. The molecule has 9 rings (SSSR count). The van der Waals surface area contributed by atoms with Gasteiger partial charge in [0.25, 0.3) is 0 Å². The van der Waals surface area contributed by atoms with Crippen molar-refractivity contribution in [3.8, 4) is 16.2 Å². The van der Waals surface area contributed by atoms with Crippen LogP contribution in [0.25, 0.3) is 21.5 Å². The summed E-state index contributed by atoms with van der Waals surface area (Å²) in [4.78, 5) is 78.7. The number of halogens is 1. The molecule has 3 N–H and O–H groups in total. The number of aromatic nitrogens is 2. The molecule has 2 aromatic heterocycles. The van der Waals surface area contributed by atoms with Gasteiger partial charge in [0, 0.05) is 108 Å². The fourth-order valence-electron chi connectivity index (χ4n) is 9.78. The van der Waals surface area contributed by atoms with Gasteiger partial charge in [-0.25, -0.2) is 31.9 Å². The number of aliphatic carboxylic acids is 1. The van der Waals surface area contributed by atoms with Crippen LogP contribution in [0, 0.1) is 48.9 Å². The third-order valence-corrected chi connectivity index (χ3v) is 16.8. The van der Waals surface area contributed by atoms with Gasteiger partial charge in [-0.2, -0.15) is 11.3 Å². The number of likely N-dealkylation sites (tertiary alicyclic amines) is 1. The van der Waals surface area contributed by atoms with E-state index in [2.05, 4.69) is 15.5 Å². The first-order chi connectivity index (χ1) is 32.1. The molecule has 3 amide bonds. The first kappa shape index (κ1) is 51.8. The monoisotopic (exact) mass is 1230 g/mol. The number of hydrogen-bond acceptors (Lipinski definition) is 12. The maximum absolute atomic E-state index is 13.6. The van der Waals surface area contributed by atoms with Crippen molar-refractivity contribution < 1.29 is 73.3 Å². The summed E-state index contributed by atoms with van der Waals surface area (Å²) in [6, 6.07) is 19.0. The van der Waals surface area contributed by atoms with E-state index in [0.717, 1.165) is 48.6 Å². The summed E-state index contributed by atoms with van der Waals surface area (Å²) in [6.45, 7) is 2.89. The number of anilines is 3. The van der Waals surface area contributed by atoms with Crippen molar-refractivity contribution in [2.45, 2.75) is 56.4 Å². The number of benzene rings is 3. The van der Waals surface area contributed by atoms with Gasteiger partial charge in [-0.15, -0.1) is 11.6 Å². The SMILES string of the molecule is Cn1c(=O)n(C2CCC[N+](=O)C2=O)c2ccc(N3CC4(CCN(C(=O)Nc5cccc(CS(=O)(=O)N6CCC(Nc7cccc(-c8sc([C-]=O)c(OCC(=O)O)c8Cl)c7)CC6)c5)CC4)C3)cc21.[CH3-].[U+2]. The number of nitroso groups, excluding NO2 is 1. The number of amides is 3. The summed E-state index contributed by atoms with van der Waals surface area (Å²) >= 11 is 7.56. The Morgan fingerprint density at radius 1 is 0.971 bits per heavy atom. The molecule has 4 saturated heterocycles. The van der Waals surface area contributed by atoms with Crippen LogP contribution in [0.15, 0.2) is 71.5 Å². The summed E-state index contributed by atoms with van der Waals surface area (Å²) in [7, 11) is -1.99. The first-order valence-electron chi connectivity index (χ1n) is 22.1. The van der Waals surface area contributed by atoms with Gasteiger partial charge in [-0.05, 0) is 85.7 Å². The van der Waals surface area contributed by atoms with E-state index in [1.54, 1.807) is 42.5 Å². The number of fused-ring (bicyclic) bond motifs is 1. The molecule has 4 fully saturated rings. The Morgan fingerprint density at radius 3 is 2.39 bits per heavy atom. The average molecular weight is 1230 g/mol. The van der Waals surface area contributed by atoms with E-state index in [9.17, 15) is 37.3 Å². The molecule has 1 unspecified atom stereocenters. The van der Waals surface area contributed by atoms with Crippen molar-refractivity contribution in [2.24, 2.45) is 12.5 Å². The largest absolute Gasteiger partial charge is 2.00 e. The minimum atomic E-state index is -3.67. The fourth-order valence-corrected chi connectivity index (χ4v) is 12.7. The molecule has 0 saturated carbocycles. The number of carboxylic acids is 1. The minimum Gasteiger partial charge on any atom is -0.566 e. The number of imidazole rings is 1. The van der Waals surface area contributed by atoms with Crippen molar-refractivity contribution in [1.29, 1.82) is 0 Å². The topological polar surface area (TPSA) is 213 Å². The quantitative estimate of drug-likeness (QED) is 0.0879. The number of rotatable bonds is 13. The molecule has 1 spiro atoms. The van der Waals surface area contributed by atoms with Crippen LogP contribution in [0.2, 0.25) is 5.02 Å². The number of sulfonamides is 1. The van der Waals surface area contributed by atoms with E-state index in [1.807, 2.05) is 42.5 Å². The molecule has 3 aromatic carbocycles. The zero-order valence-electron chi connectivity index (χ0n) is 38.1. The van der Waals surface area contributed by atoms with E-state index >= 15 is 0 Å². The zero-order chi connectivity index (χ0) is 47.2. The molecule has 22 heteroatoms. The maximum atomic E-state index is 13.6. The molecule has 4 aliphatic rings. The molecule has 18 nitrogen and oxygen atoms in total.